The van der Waals surface area contributed by atoms with Gasteiger partial charge in [0.05, 0.1) is 7.11 Å². The average molecular weight is 251 g/mol. The van der Waals surface area contributed by atoms with E-state index in [1.807, 2.05) is 0 Å². The number of ether oxygens (including phenoxy) is 2. The minimum Gasteiger partial charge on any atom is -0.464 e. The van der Waals surface area contributed by atoms with Gasteiger partial charge in [-0.05, 0) is 24.8 Å². The number of nitrogens with zero attached hydrogens (tertiary/aromatic N) is 2. The third-order valence-electron chi connectivity index (χ3n) is 2.94. The van der Waals surface area contributed by atoms with Crippen LogP contribution in [0, 0.1) is 5.92 Å². The molecule has 1 fully saturated rings. The van der Waals surface area contributed by atoms with Crippen molar-refractivity contribution in [1.29, 1.82) is 0 Å². The van der Waals surface area contributed by atoms with Crippen LogP contribution in [0.5, 0.6) is 0 Å². The second-order valence-electron chi connectivity index (χ2n) is 4.19. The highest BCUT2D eigenvalue weighted by Gasteiger charge is 2.14. The largest absolute Gasteiger partial charge is 0.464 e. The van der Waals surface area contributed by atoms with E-state index < -0.39 is 5.97 Å². The third kappa shape index (κ3) is 3.40. The molecule has 0 aliphatic carbocycles. The zero-order valence-electron chi connectivity index (χ0n) is 10.4. The Kier molecular flexibility index (Phi) is 4.46. The highest BCUT2D eigenvalue weighted by molar-refractivity contribution is 5.87. The van der Waals surface area contributed by atoms with Crippen molar-refractivity contribution in [3.8, 4) is 0 Å². The Morgan fingerprint density at radius 2 is 2.33 bits per heavy atom. The first-order chi connectivity index (χ1) is 8.79. The lowest BCUT2D eigenvalue weighted by Crippen LogP contribution is -2.23. The topological polar surface area (TPSA) is 73.3 Å². The van der Waals surface area contributed by atoms with Gasteiger partial charge in [0.2, 0.25) is 5.95 Å². The average Bonchev–Trinajstić information content (AvgIpc) is 2.45. The van der Waals surface area contributed by atoms with Gasteiger partial charge >= 0.3 is 5.97 Å². The normalized spacial score (nSPS) is 16.3. The number of aromatic nitrogens is 2. The molecule has 1 aromatic rings. The molecule has 0 amide bonds. The molecule has 0 atom stereocenters. The molecule has 1 aliphatic rings. The van der Waals surface area contributed by atoms with Gasteiger partial charge in [-0.2, -0.15) is 0 Å². The summed E-state index contributed by atoms with van der Waals surface area (Å²) in [6, 6.07) is 1.53. The van der Waals surface area contributed by atoms with E-state index in [-0.39, 0.29) is 5.69 Å². The quantitative estimate of drug-likeness (QED) is 0.808. The van der Waals surface area contributed by atoms with E-state index in [9.17, 15) is 4.79 Å². The van der Waals surface area contributed by atoms with Crippen LogP contribution >= 0.6 is 0 Å². The van der Waals surface area contributed by atoms with E-state index in [0.29, 0.717) is 11.9 Å². The molecule has 0 saturated carbocycles. The fraction of sp³-hybridized carbons (Fsp3) is 0.583. The molecule has 1 saturated heterocycles. The molecule has 0 unspecified atom stereocenters. The van der Waals surface area contributed by atoms with E-state index >= 15 is 0 Å². The minimum atomic E-state index is -0.452. The van der Waals surface area contributed by atoms with E-state index in [0.717, 1.165) is 32.6 Å². The molecule has 1 aliphatic heterocycles. The van der Waals surface area contributed by atoms with Gasteiger partial charge < -0.3 is 14.8 Å². The predicted molar refractivity (Wildman–Crippen MR) is 65.4 cm³/mol. The molecular weight excluding hydrogens is 234 g/mol. The summed E-state index contributed by atoms with van der Waals surface area (Å²) in [5.74, 6) is 0.583. The maximum Gasteiger partial charge on any atom is 0.356 e. The number of esters is 1. The number of nitrogens with one attached hydrogen (secondary N) is 1. The second-order valence-corrected chi connectivity index (χ2v) is 4.19. The molecule has 1 aromatic heterocycles. The van der Waals surface area contributed by atoms with Crippen LogP contribution in [0.3, 0.4) is 0 Å². The smallest absolute Gasteiger partial charge is 0.356 e. The lowest BCUT2D eigenvalue weighted by Gasteiger charge is -2.22. The van der Waals surface area contributed by atoms with Crippen molar-refractivity contribution < 1.29 is 14.3 Å². The van der Waals surface area contributed by atoms with Crippen LogP contribution in [0.4, 0.5) is 5.95 Å². The van der Waals surface area contributed by atoms with Gasteiger partial charge in [-0.15, -0.1) is 0 Å². The summed E-state index contributed by atoms with van der Waals surface area (Å²) >= 11 is 0. The highest BCUT2D eigenvalue weighted by Crippen LogP contribution is 2.14. The van der Waals surface area contributed by atoms with Crippen LogP contribution in [0.25, 0.3) is 0 Å². The van der Waals surface area contributed by atoms with Crippen molar-refractivity contribution in [3.63, 3.8) is 0 Å². The number of rotatable bonds is 4. The number of carbonyl (C=O) groups excluding carboxylic acids is 1. The van der Waals surface area contributed by atoms with Crippen molar-refractivity contribution in [2.75, 3.05) is 32.2 Å². The third-order valence-corrected chi connectivity index (χ3v) is 2.94. The summed E-state index contributed by atoms with van der Waals surface area (Å²) in [7, 11) is 1.33. The van der Waals surface area contributed by atoms with Crippen molar-refractivity contribution in [3.05, 3.63) is 18.0 Å². The Hall–Kier alpha value is -1.69. The molecule has 6 heteroatoms. The van der Waals surface area contributed by atoms with Crippen LogP contribution < -0.4 is 5.32 Å². The Morgan fingerprint density at radius 3 is 3.06 bits per heavy atom. The standard InChI is InChI=1S/C12H17N3O3/c1-17-11(16)10-2-5-13-12(15-10)14-8-9-3-6-18-7-4-9/h2,5,9H,3-4,6-8H2,1H3,(H,13,14,15). The lowest BCUT2D eigenvalue weighted by atomic mass is 10.0. The van der Waals surface area contributed by atoms with Crippen molar-refractivity contribution >= 4 is 11.9 Å². The van der Waals surface area contributed by atoms with Crippen molar-refractivity contribution in [1.82, 2.24) is 9.97 Å². The van der Waals surface area contributed by atoms with Gasteiger partial charge in [0.1, 0.15) is 0 Å². The van der Waals surface area contributed by atoms with Gasteiger partial charge in [0.15, 0.2) is 5.69 Å². The van der Waals surface area contributed by atoms with Crippen molar-refractivity contribution in [2.24, 2.45) is 5.92 Å². The fourth-order valence-electron chi connectivity index (χ4n) is 1.85. The first-order valence-electron chi connectivity index (χ1n) is 6.02. The number of methoxy groups -OCH3 is 1. The molecule has 0 bridgehead atoms. The summed E-state index contributed by atoms with van der Waals surface area (Å²) < 4.78 is 9.91. The van der Waals surface area contributed by atoms with Gasteiger partial charge in [-0.25, -0.2) is 14.8 Å². The number of carbonyl (C=O) groups is 1. The molecule has 2 heterocycles. The first-order valence-corrected chi connectivity index (χ1v) is 6.02. The van der Waals surface area contributed by atoms with Gasteiger partial charge in [0, 0.05) is 26.0 Å². The summed E-state index contributed by atoms with van der Waals surface area (Å²) in [6.07, 6.45) is 3.64. The van der Waals surface area contributed by atoms with Crippen LogP contribution in [-0.4, -0.2) is 42.8 Å². The van der Waals surface area contributed by atoms with Crippen LogP contribution in [0.15, 0.2) is 12.3 Å². The van der Waals surface area contributed by atoms with Crippen LogP contribution in [0.2, 0.25) is 0 Å². The number of hydrogen-bond donors (Lipinski definition) is 1. The molecule has 0 radical (unpaired) electrons. The predicted octanol–water partition coefficient (Wildman–Crippen LogP) is 1.10. The highest BCUT2D eigenvalue weighted by atomic mass is 16.5. The van der Waals surface area contributed by atoms with Gasteiger partial charge in [-0.1, -0.05) is 0 Å². The van der Waals surface area contributed by atoms with E-state index in [2.05, 4.69) is 20.0 Å². The van der Waals surface area contributed by atoms with Crippen LogP contribution in [-0.2, 0) is 9.47 Å². The molecule has 1 N–H and O–H groups in total. The summed E-state index contributed by atoms with van der Waals surface area (Å²) in [5, 5.41) is 3.15. The molecule has 0 spiro atoms. The molecule has 0 aromatic carbocycles. The Morgan fingerprint density at radius 1 is 1.56 bits per heavy atom. The summed E-state index contributed by atoms with van der Waals surface area (Å²) in [5.41, 5.74) is 0.266. The van der Waals surface area contributed by atoms with Gasteiger partial charge in [-0.3, -0.25) is 0 Å². The number of anilines is 1. The summed E-state index contributed by atoms with van der Waals surface area (Å²) in [6.45, 7) is 2.43. The van der Waals surface area contributed by atoms with Gasteiger partial charge in [0.25, 0.3) is 0 Å². The zero-order valence-corrected chi connectivity index (χ0v) is 10.4. The minimum absolute atomic E-state index is 0.266. The fourth-order valence-corrected chi connectivity index (χ4v) is 1.85. The Balaban J connectivity index is 1.90. The molecular formula is C12H17N3O3. The molecule has 6 nitrogen and oxygen atoms in total. The Labute approximate surface area is 106 Å². The maximum atomic E-state index is 11.3. The zero-order chi connectivity index (χ0) is 12.8. The monoisotopic (exact) mass is 251 g/mol. The van der Waals surface area contributed by atoms with E-state index in [4.69, 9.17) is 4.74 Å². The Bertz CT molecular complexity index is 405. The second kappa shape index (κ2) is 6.30. The summed E-state index contributed by atoms with van der Waals surface area (Å²) in [4.78, 5) is 19.5. The molecule has 98 valence electrons. The van der Waals surface area contributed by atoms with E-state index in [1.54, 1.807) is 6.20 Å². The van der Waals surface area contributed by atoms with E-state index in [1.165, 1.54) is 13.2 Å². The SMILES string of the molecule is COC(=O)c1ccnc(NCC2CCOCC2)n1. The van der Waals surface area contributed by atoms with Crippen LogP contribution in [0.1, 0.15) is 23.3 Å². The van der Waals surface area contributed by atoms with Crippen molar-refractivity contribution in [2.45, 2.75) is 12.8 Å². The first kappa shape index (κ1) is 12.8. The lowest BCUT2D eigenvalue weighted by molar-refractivity contribution is 0.0594. The molecule has 2 rings (SSSR count). The number of hydrogen-bond acceptors (Lipinski definition) is 6. The molecule has 18 heavy (non-hydrogen) atoms. The maximum absolute atomic E-state index is 11.3.